The van der Waals surface area contributed by atoms with Gasteiger partial charge in [0.1, 0.15) is 0 Å². The van der Waals surface area contributed by atoms with Crippen molar-refractivity contribution in [2.45, 2.75) is 25.7 Å². The summed E-state index contributed by atoms with van der Waals surface area (Å²) in [5, 5.41) is 0.781. The van der Waals surface area contributed by atoms with Gasteiger partial charge in [0.15, 0.2) is 15.9 Å². The Kier molecular flexibility index (Phi) is 5.38. The van der Waals surface area contributed by atoms with E-state index < -0.39 is 21.9 Å². The third kappa shape index (κ3) is 4.31. The van der Waals surface area contributed by atoms with Crippen molar-refractivity contribution in [1.82, 2.24) is 4.98 Å². The van der Waals surface area contributed by atoms with E-state index in [0.29, 0.717) is 16.8 Å². The molecule has 28 heavy (non-hydrogen) atoms. The smallest absolute Gasteiger partial charge is 0.338 e. The molecule has 0 aliphatic rings. The second-order valence-electron chi connectivity index (χ2n) is 6.85. The SMILES string of the molecule is Cc1[nH]c2ccccc2c1C(=O)[C@H](C)OC(=O)c1cccc(CS(C)(=O)=O)c1. The Morgan fingerprint density at radius 1 is 1.11 bits per heavy atom. The van der Waals surface area contributed by atoms with Gasteiger partial charge in [0.05, 0.1) is 11.3 Å². The van der Waals surface area contributed by atoms with Crippen LogP contribution in [0, 0.1) is 6.92 Å². The number of ketones is 1. The Bertz CT molecular complexity index is 1160. The molecule has 0 bridgehead atoms. The molecule has 0 saturated heterocycles. The van der Waals surface area contributed by atoms with Crippen LogP contribution in [0.1, 0.15) is 38.9 Å². The van der Waals surface area contributed by atoms with Crippen LogP contribution in [0.3, 0.4) is 0 Å². The van der Waals surface area contributed by atoms with Crippen molar-refractivity contribution in [3.8, 4) is 0 Å². The Balaban J connectivity index is 1.80. The number of aromatic amines is 1. The first-order valence-electron chi connectivity index (χ1n) is 8.75. The fourth-order valence-corrected chi connectivity index (χ4v) is 3.96. The predicted molar refractivity (Wildman–Crippen MR) is 107 cm³/mol. The summed E-state index contributed by atoms with van der Waals surface area (Å²) in [6, 6.07) is 13.7. The Morgan fingerprint density at radius 2 is 1.82 bits per heavy atom. The zero-order valence-electron chi connectivity index (χ0n) is 15.9. The van der Waals surface area contributed by atoms with Crippen molar-refractivity contribution in [2.75, 3.05) is 6.26 Å². The van der Waals surface area contributed by atoms with Crippen LogP contribution in [0.5, 0.6) is 0 Å². The van der Waals surface area contributed by atoms with Gasteiger partial charge in [-0.1, -0.05) is 30.3 Å². The first-order chi connectivity index (χ1) is 13.2. The highest BCUT2D eigenvalue weighted by Gasteiger charge is 2.25. The lowest BCUT2D eigenvalue weighted by molar-refractivity contribution is 0.0319. The quantitative estimate of drug-likeness (QED) is 0.506. The van der Waals surface area contributed by atoms with E-state index in [-0.39, 0.29) is 17.1 Å². The molecule has 1 atom stereocenters. The normalized spacial score (nSPS) is 12.7. The third-order valence-electron chi connectivity index (χ3n) is 4.38. The van der Waals surface area contributed by atoms with Gasteiger partial charge in [-0.05, 0) is 37.6 Å². The fraction of sp³-hybridized carbons (Fsp3) is 0.238. The van der Waals surface area contributed by atoms with Crippen LogP contribution < -0.4 is 0 Å². The number of H-pyrrole nitrogens is 1. The molecular formula is C21H21NO5S. The van der Waals surface area contributed by atoms with Gasteiger partial charge in [0, 0.05) is 28.4 Å². The molecule has 0 radical (unpaired) electrons. The average Bonchev–Trinajstić information content (AvgIpc) is 2.95. The Morgan fingerprint density at radius 3 is 2.54 bits per heavy atom. The molecule has 0 fully saturated rings. The van der Waals surface area contributed by atoms with Crippen molar-refractivity contribution >= 4 is 32.5 Å². The molecule has 3 aromatic rings. The van der Waals surface area contributed by atoms with Gasteiger partial charge in [-0.2, -0.15) is 0 Å². The van der Waals surface area contributed by atoms with E-state index in [4.69, 9.17) is 4.74 Å². The van der Waals surface area contributed by atoms with Gasteiger partial charge in [0.25, 0.3) is 0 Å². The number of aromatic nitrogens is 1. The summed E-state index contributed by atoms with van der Waals surface area (Å²) < 4.78 is 28.3. The molecule has 0 saturated carbocycles. The largest absolute Gasteiger partial charge is 0.451 e. The summed E-state index contributed by atoms with van der Waals surface area (Å²) in [4.78, 5) is 28.5. The summed E-state index contributed by atoms with van der Waals surface area (Å²) in [5.41, 5.74) is 2.75. The summed E-state index contributed by atoms with van der Waals surface area (Å²) in [7, 11) is -3.22. The van der Waals surface area contributed by atoms with Crippen LogP contribution in [-0.4, -0.2) is 37.5 Å². The summed E-state index contributed by atoms with van der Waals surface area (Å²) in [6.07, 6.45) is 0.145. The van der Waals surface area contributed by atoms with Crippen LogP contribution in [-0.2, 0) is 20.3 Å². The number of aryl methyl sites for hydroxylation is 1. The predicted octanol–water partition coefficient (Wildman–Crippen LogP) is 3.45. The molecule has 0 spiro atoms. The van der Waals surface area contributed by atoms with Gasteiger partial charge in [-0.25, -0.2) is 13.2 Å². The van der Waals surface area contributed by atoms with Crippen molar-refractivity contribution in [3.05, 3.63) is 70.9 Å². The standard InChI is InChI=1S/C21H21NO5S/c1-13-19(17-9-4-5-10-18(17)22-13)20(23)14(2)27-21(24)16-8-6-7-15(11-16)12-28(3,25)26/h4-11,14,22H,12H2,1-3H3/t14-/m0/s1. The van der Waals surface area contributed by atoms with Crippen LogP contribution in [0.15, 0.2) is 48.5 Å². The zero-order valence-corrected chi connectivity index (χ0v) is 16.7. The summed E-state index contributed by atoms with van der Waals surface area (Å²) in [6.45, 7) is 3.33. The Labute approximate surface area is 163 Å². The second kappa shape index (κ2) is 7.59. The van der Waals surface area contributed by atoms with E-state index >= 15 is 0 Å². The van der Waals surface area contributed by atoms with E-state index in [1.807, 2.05) is 24.3 Å². The van der Waals surface area contributed by atoms with Gasteiger partial charge in [-0.15, -0.1) is 0 Å². The highest BCUT2D eigenvalue weighted by atomic mass is 32.2. The van der Waals surface area contributed by atoms with Crippen molar-refractivity contribution in [3.63, 3.8) is 0 Å². The minimum absolute atomic E-state index is 0.170. The van der Waals surface area contributed by atoms with Crippen molar-refractivity contribution < 1.29 is 22.7 Å². The monoisotopic (exact) mass is 399 g/mol. The van der Waals surface area contributed by atoms with Crippen LogP contribution in [0.25, 0.3) is 10.9 Å². The molecule has 3 rings (SSSR count). The number of nitrogens with one attached hydrogen (secondary N) is 1. The average molecular weight is 399 g/mol. The lowest BCUT2D eigenvalue weighted by Gasteiger charge is -2.13. The first kappa shape index (κ1) is 19.8. The third-order valence-corrected chi connectivity index (χ3v) is 5.24. The lowest BCUT2D eigenvalue weighted by Crippen LogP contribution is -2.25. The number of hydrogen-bond donors (Lipinski definition) is 1. The lowest BCUT2D eigenvalue weighted by atomic mass is 10.0. The van der Waals surface area contributed by atoms with E-state index in [9.17, 15) is 18.0 Å². The second-order valence-corrected chi connectivity index (χ2v) is 8.99. The molecule has 6 nitrogen and oxygen atoms in total. The van der Waals surface area contributed by atoms with Crippen LogP contribution >= 0.6 is 0 Å². The molecule has 146 valence electrons. The summed E-state index contributed by atoms with van der Waals surface area (Å²) >= 11 is 0. The van der Waals surface area contributed by atoms with E-state index in [0.717, 1.165) is 17.2 Å². The van der Waals surface area contributed by atoms with Gasteiger partial charge >= 0.3 is 5.97 Å². The molecule has 1 N–H and O–H groups in total. The highest BCUT2D eigenvalue weighted by Crippen LogP contribution is 2.24. The number of hydrogen-bond acceptors (Lipinski definition) is 5. The Hall–Kier alpha value is -2.93. The maximum atomic E-state index is 12.9. The number of fused-ring (bicyclic) bond motifs is 1. The number of benzene rings is 2. The number of carbonyl (C=O) groups is 2. The molecule has 0 aliphatic carbocycles. The molecule has 1 aromatic heterocycles. The highest BCUT2D eigenvalue weighted by molar-refractivity contribution is 7.89. The maximum Gasteiger partial charge on any atom is 0.338 e. The molecule has 0 amide bonds. The van der Waals surface area contributed by atoms with E-state index in [1.54, 1.807) is 19.1 Å². The molecule has 0 aliphatic heterocycles. The van der Waals surface area contributed by atoms with Crippen molar-refractivity contribution in [1.29, 1.82) is 0 Å². The minimum atomic E-state index is -3.22. The summed E-state index contributed by atoms with van der Waals surface area (Å²) in [5.74, 6) is -1.14. The van der Waals surface area contributed by atoms with Crippen molar-refractivity contribution in [2.24, 2.45) is 0 Å². The molecular weight excluding hydrogens is 378 g/mol. The first-order valence-corrected chi connectivity index (χ1v) is 10.8. The minimum Gasteiger partial charge on any atom is -0.451 e. The number of ether oxygens (including phenoxy) is 1. The molecule has 2 aromatic carbocycles. The fourth-order valence-electron chi connectivity index (χ4n) is 3.17. The number of Topliss-reactive ketones (excluding diaryl/α,β-unsaturated/α-hetero) is 1. The topological polar surface area (TPSA) is 93.3 Å². The van der Waals surface area contributed by atoms with Crippen LogP contribution in [0.4, 0.5) is 0 Å². The van der Waals surface area contributed by atoms with E-state index in [2.05, 4.69) is 4.98 Å². The number of esters is 1. The van der Waals surface area contributed by atoms with Gasteiger partial charge < -0.3 is 9.72 Å². The number of para-hydroxylation sites is 1. The number of rotatable bonds is 6. The molecule has 7 heteroatoms. The van der Waals surface area contributed by atoms with Gasteiger partial charge in [0.2, 0.25) is 5.78 Å². The maximum absolute atomic E-state index is 12.9. The molecule has 1 heterocycles. The van der Waals surface area contributed by atoms with Gasteiger partial charge in [-0.3, -0.25) is 4.79 Å². The molecule has 0 unspecified atom stereocenters. The zero-order chi connectivity index (χ0) is 20.5. The van der Waals surface area contributed by atoms with Crippen LogP contribution in [0.2, 0.25) is 0 Å². The van der Waals surface area contributed by atoms with E-state index in [1.165, 1.54) is 19.1 Å². The number of carbonyl (C=O) groups excluding carboxylic acids is 2. The number of sulfone groups is 1.